The number of unbranched alkanes of at least 4 members (excludes halogenated alkanes) is 1. The van der Waals surface area contributed by atoms with Crippen molar-refractivity contribution in [2.45, 2.75) is 148 Å². The van der Waals surface area contributed by atoms with E-state index in [0.29, 0.717) is 23.1 Å². The average molecular weight is 981 g/mol. The number of nitrogens with zero attached hydrogens (tertiary/aromatic N) is 3. The Bertz CT molecular complexity index is 1830. The van der Waals surface area contributed by atoms with Crippen LogP contribution in [0.3, 0.4) is 0 Å². The predicted octanol–water partition coefficient (Wildman–Crippen LogP) is 8.45. The number of pyridine rings is 1. The molecule has 0 aromatic carbocycles. The fourth-order valence-electron chi connectivity index (χ4n) is 6.69. The molecule has 3 rings (SSSR count). The zero-order valence-electron chi connectivity index (χ0n) is 47.0. The van der Waals surface area contributed by atoms with Crippen LogP contribution in [0, 0.1) is 0 Å². The van der Waals surface area contributed by atoms with E-state index in [0.717, 1.165) is 110 Å². The number of nitrogens with one attached hydrogen (secondary N) is 5. The summed E-state index contributed by atoms with van der Waals surface area (Å²) in [5, 5.41) is 14.7. The number of allylic oxidation sites excluding steroid dienone is 8. The van der Waals surface area contributed by atoms with Crippen molar-refractivity contribution in [2.24, 2.45) is 11.5 Å². The van der Waals surface area contributed by atoms with E-state index < -0.39 is 5.91 Å². The number of aromatic nitrogens is 1. The lowest BCUT2D eigenvalue weighted by Gasteiger charge is -2.25. The zero-order chi connectivity index (χ0) is 54.0. The second kappa shape index (κ2) is 43.7. The maximum atomic E-state index is 13.2. The minimum absolute atomic E-state index is 0.101. The number of anilines is 1. The van der Waals surface area contributed by atoms with Crippen molar-refractivity contribution in [2.75, 3.05) is 85.6 Å². The molecule has 1 aromatic heterocycles. The van der Waals surface area contributed by atoms with Crippen molar-refractivity contribution in [3.8, 4) is 0 Å². The molecule has 2 aliphatic heterocycles. The first kappa shape index (κ1) is 69.0. The second-order valence-electron chi connectivity index (χ2n) is 16.3. The second-order valence-corrected chi connectivity index (χ2v) is 16.3. The van der Waals surface area contributed by atoms with Gasteiger partial charge in [0.15, 0.2) is 0 Å². The van der Waals surface area contributed by atoms with Gasteiger partial charge in [-0.15, -0.1) is 0 Å². The van der Waals surface area contributed by atoms with Crippen LogP contribution in [0.25, 0.3) is 5.57 Å². The minimum atomic E-state index is -0.490. The number of rotatable bonds is 21. The molecule has 0 aliphatic carbocycles. The minimum Gasteiger partial charge on any atom is -0.379 e. The third-order valence-electron chi connectivity index (χ3n) is 10.8. The molecule has 0 saturated carbocycles. The number of hydrogen-bond acceptors (Lipinski definition) is 11. The van der Waals surface area contributed by atoms with Gasteiger partial charge >= 0.3 is 0 Å². The molecule has 0 bridgehead atoms. The lowest BCUT2D eigenvalue weighted by Crippen LogP contribution is -2.36. The van der Waals surface area contributed by atoms with Gasteiger partial charge < -0.3 is 47.7 Å². The van der Waals surface area contributed by atoms with Crippen LogP contribution in [0.5, 0.6) is 0 Å². The van der Waals surface area contributed by atoms with E-state index in [4.69, 9.17) is 15.5 Å². The molecule has 3 heterocycles. The Labute approximate surface area is 425 Å². The average Bonchev–Trinajstić information content (AvgIpc) is 3.74. The summed E-state index contributed by atoms with van der Waals surface area (Å²) in [4.78, 5) is 58.5. The summed E-state index contributed by atoms with van der Waals surface area (Å²) in [6.07, 6.45) is 18.0. The molecule has 9 N–H and O–H groups in total. The fourth-order valence-corrected chi connectivity index (χ4v) is 6.69. The van der Waals surface area contributed by atoms with Gasteiger partial charge in [0.2, 0.25) is 17.7 Å². The van der Waals surface area contributed by atoms with Gasteiger partial charge in [-0.05, 0) is 84.6 Å². The molecule has 0 spiro atoms. The van der Waals surface area contributed by atoms with E-state index in [1.54, 1.807) is 6.08 Å². The normalized spacial score (nSPS) is 13.6. The van der Waals surface area contributed by atoms with E-state index in [-0.39, 0.29) is 37.2 Å². The Kier molecular flexibility index (Phi) is 43.1. The molecule has 1 saturated heterocycles. The van der Waals surface area contributed by atoms with Crippen LogP contribution in [0.2, 0.25) is 0 Å². The molecule has 1 fully saturated rings. The molecule has 70 heavy (non-hydrogen) atoms. The zero-order valence-corrected chi connectivity index (χ0v) is 47.0. The van der Waals surface area contributed by atoms with Crippen LogP contribution in [0.4, 0.5) is 5.82 Å². The van der Waals surface area contributed by atoms with E-state index >= 15 is 0 Å². The highest BCUT2D eigenvalue weighted by Gasteiger charge is 2.26. The summed E-state index contributed by atoms with van der Waals surface area (Å²) in [6, 6.07) is 1.89. The molecule has 15 nitrogen and oxygen atoms in total. The van der Waals surface area contributed by atoms with Crippen LogP contribution >= 0.6 is 0 Å². The number of amides is 4. The van der Waals surface area contributed by atoms with E-state index in [2.05, 4.69) is 82.0 Å². The molecule has 15 heteroatoms. The molecule has 0 unspecified atom stereocenters. The number of nitrogens with two attached hydrogens (primary N) is 2. The molecule has 2 aliphatic rings. The van der Waals surface area contributed by atoms with Crippen molar-refractivity contribution in [1.82, 2.24) is 36.5 Å². The SMILES string of the molecule is C/C=C(\C=C/CCN1CCOCC1)c1cc(C(=O)NCCC(=O)N/C(C)=C\CC)c2c(n1)N(C)CC2.C/C=C(\CC(C)=C(NC)NC)C(=O)NC/C(C(N)=O)=C(\C)CC.CC.CCC.CCCC.CN. The fraction of sp³-hybridized carbons (Fsp3) is 0.618. The van der Waals surface area contributed by atoms with Crippen LogP contribution < -0.4 is 43.0 Å². The molecule has 0 atom stereocenters. The largest absolute Gasteiger partial charge is 0.379 e. The van der Waals surface area contributed by atoms with Gasteiger partial charge in [0.05, 0.1) is 24.7 Å². The lowest BCUT2D eigenvalue weighted by molar-refractivity contribution is -0.120. The summed E-state index contributed by atoms with van der Waals surface area (Å²) in [7, 11) is 7.15. The monoisotopic (exact) mass is 981 g/mol. The molecule has 400 valence electrons. The van der Waals surface area contributed by atoms with Crippen molar-refractivity contribution in [1.29, 1.82) is 0 Å². The number of fused-ring (bicyclic) bond motifs is 1. The third-order valence-corrected chi connectivity index (χ3v) is 10.8. The van der Waals surface area contributed by atoms with Crippen LogP contribution in [-0.4, -0.2) is 114 Å². The first-order chi connectivity index (χ1) is 33.6. The lowest BCUT2D eigenvalue weighted by atomic mass is 10.0. The van der Waals surface area contributed by atoms with Crippen LogP contribution in [0.15, 0.2) is 70.3 Å². The third kappa shape index (κ3) is 28.4. The summed E-state index contributed by atoms with van der Waals surface area (Å²) in [6.45, 7) is 31.9. The summed E-state index contributed by atoms with van der Waals surface area (Å²) in [5.41, 5.74) is 17.1. The van der Waals surface area contributed by atoms with Gasteiger partial charge in [0.25, 0.3) is 5.91 Å². The number of carbonyl (C=O) groups excluding carboxylic acids is 4. The molecular weight excluding hydrogens is 881 g/mol. The Morgan fingerprint density at radius 3 is 1.97 bits per heavy atom. The number of hydrogen-bond donors (Lipinski definition) is 7. The summed E-state index contributed by atoms with van der Waals surface area (Å²) >= 11 is 0. The molecule has 0 radical (unpaired) electrons. The van der Waals surface area contributed by atoms with E-state index in [1.165, 1.54) is 26.3 Å². The summed E-state index contributed by atoms with van der Waals surface area (Å²) < 4.78 is 5.42. The van der Waals surface area contributed by atoms with Crippen LogP contribution in [-0.2, 0) is 25.5 Å². The number of ether oxygens (including phenoxy) is 1. The van der Waals surface area contributed by atoms with Gasteiger partial charge in [-0.25, -0.2) is 4.98 Å². The number of morpholine rings is 1. The quantitative estimate of drug-likeness (QED) is 0.0459. The van der Waals surface area contributed by atoms with Gasteiger partial charge in [0, 0.05) is 101 Å². The van der Waals surface area contributed by atoms with Crippen molar-refractivity contribution in [3.05, 3.63) is 87.1 Å². The smallest absolute Gasteiger partial charge is 0.251 e. The number of primary amides is 1. The van der Waals surface area contributed by atoms with Crippen molar-refractivity contribution in [3.63, 3.8) is 0 Å². The predicted molar refractivity (Wildman–Crippen MR) is 297 cm³/mol. The van der Waals surface area contributed by atoms with Crippen molar-refractivity contribution < 1.29 is 23.9 Å². The topological polar surface area (TPSA) is 209 Å². The first-order valence-electron chi connectivity index (χ1n) is 25.8. The number of likely N-dealkylation sites (N-methyl/N-ethyl adjacent to an activating group) is 1. The van der Waals surface area contributed by atoms with E-state index in [1.807, 2.05) is 102 Å². The molecule has 4 amide bonds. The maximum Gasteiger partial charge on any atom is 0.251 e. The molecular formula is C55H100N10O5. The van der Waals surface area contributed by atoms with Gasteiger partial charge in [-0.1, -0.05) is 111 Å². The Morgan fingerprint density at radius 1 is 0.871 bits per heavy atom. The van der Waals surface area contributed by atoms with Crippen LogP contribution in [0.1, 0.15) is 163 Å². The standard InChI is InChI=1S/C28H41N5O3.C17H30N4O2.C4H10.C3H8.C2H6.CH5N/c1-5-9-21(3)30-26(34)11-13-29-28(35)24-20-25(31-27-23(24)12-15-32(27)4)22(6-2)10-7-8-14-33-16-18-36-19-17-33;1-7-11(3)14(15(18)22)10-21-17(23)13(8-2)9-12(4)16(19-5)20-6;1-3-4-2;1-3-2;2*1-2/h6-7,9-10,20H,5,8,11-19H2,1-4H3,(H,29,35)(H,30,34);8,19-20H,7,9-10H2,1-6H3,(H2,18,22)(H,21,23);3-4H2,1-2H3;3H2,1-2H3;1-2H3;2H2,1H3/b10-7-,21-9-,22-6+;13-8+,14-11-;;;;. The molecule has 1 aromatic rings. The number of carbonyl (C=O) groups is 4. The van der Waals surface area contributed by atoms with Gasteiger partial charge in [0.1, 0.15) is 5.82 Å². The highest BCUT2D eigenvalue weighted by atomic mass is 16.5. The first-order valence-corrected chi connectivity index (χ1v) is 25.8. The van der Waals surface area contributed by atoms with E-state index in [9.17, 15) is 19.2 Å². The van der Waals surface area contributed by atoms with Gasteiger partial charge in [-0.2, -0.15) is 0 Å². The summed E-state index contributed by atoms with van der Waals surface area (Å²) in [5.74, 6) is 0.798. The Morgan fingerprint density at radius 2 is 1.47 bits per heavy atom. The van der Waals surface area contributed by atoms with Crippen molar-refractivity contribution >= 4 is 35.0 Å². The maximum absolute atomic E-state index is 13.2. The Balaban J connectivity index is -0.00000113. The Hall–Kier alpha value is -5.25. The highest BCUT2D eigenvalue weighted by molar-refractivity contribution is 5.99. The highest BCUT2D eigenvalue weighted by Crippen LogP contribution is 2.31. The van der Waals surface area contributed by atoms with Gasteiger partial charge in [-0.3, -0.25) is 24.1 Å².